The largest absolute Gasteiger partial charge is 0.465 e. The van der Waals surface area contributed by atoms with Gasteiger partial charge in [-0.1, -0.05) is 0 Å². The van der Waals surface area contributed by atoms with E-state index < -0.39 is 106 Å². The molecule has 1 aliphatic heterocycles. The highest BCUT2D eigenvalue weighted by Crippen LogP contribution is 2.60. The minimum Gasteiger partial charge on any atom is -0.458 e. The molecule has 1 saturated heterocycles. The van der Waals surface area contributed by atoms with Gasteiger partial charge in [0.05, 0.1) is 17.4 Å². The normalized spacial score (nSPS) is 40.9. The average molecular weight is 623 g/mol. The number of rotatable bonds is 9. The van der Waals surface area contributed by atoms with Gasteiger partial charge >= 0.3 is 45.2 Å². The number of esters is 5. The number of aliphatic hydroxyl groups is 1. The molecule has 1 heterocycles. The van der Waals surface area contributed by atoms with Gasteiger partial charge in [0.2, 0.25) is 0 Å². The molecule has 0 amide bonds. The van der Waals surface area contributed by atoms with Crippen LogP contribution in [0.25, 0.3) is 0 Å². The first kappa shape index (κ1) is 29.2. The van der Waals surface area contributed by atoms with E-state index in [1.165, 1.54) is 0 Å². The number of alkyl halides is 2. The van der Waals surface area contributed by atoms with E-state index in [1.54, 1.807) is 0 Å². The van der Waals surface area contributed by atoms with Crippen LogP contribution in [0.4, 0.5) is 8.78 Å². The van der Waals surface area contributed by atoms with Crippen LogP contribution >= 0.6 is 0 Å². The summed E-state index contributed by atoms with van der Waals surface area (Å²) in [4.78, 5) is 61.9. The van der Waals surface area contributed by atoms with Crippen molar-refractivity contribution in [3.63, 3.8) is 0 Å². The van der Waals surface area contributed by atoms with Crippen LogP contribution in [-0.4, -0.2) is 89.8 Å². The van der Waals surface area contributed by atoms with Gasteiger partial charge in [-0.05, 0) is 50.4 Å². The first-order valence-corrected chi connectivity index (χ1v) is 15.0. The van der Waals surface area contributed by atoms with Crippen molar-refractivity contribution >= 4 is 40.0 Å². The van der Waals surface area contributed by atoms with Crippen LogP contribution in [0.2, 0.25) is 0 Å². The molecule has 7 aliphatic rings. The maximum absolute atomic E-state index is 13.3. The second kappa shape index (κ2) is 9.54. The lowest BCUT2D eigenvalue weighted by Gasteiger charge is -2.59. The summed E-state index contributed by atoms with van der Waals surface area (Å²) in [6.07, 6.45) is 1.91. The van der Waals surface area contributed by atoms with Crippen molar-refractivity contribution in [1.29, 1.82) is 0 Å². The molecule has 0 aromatic heterocycles. The molecule has 7 rings (SSSR count). The van der Waals surface area contributed by atoms with Gasteiger partial charge in [0.25, 0.3) is 0 Å². The van der Waals surface area contributed by atoms with E-state index in [2.05, 4.69) is 4.74 Å². The molecule has 6 bridgehead atoms. The zero-order valence-electron chi connectivity index (χ0n) is 21.9. The number of hydrogen-bond acceptors (Lipinski definition) is 13. The number of carbonyl (C=O) groups excluding carboxylic acids is 5. The van der Waals surface area contributed by atoms with Crippen molar-refractivity contribution in [1.82, 2.24) is 0 Å². The highest BCUT2D eigenvalue weighted by atomic mass is 32.2. The van der Waals surface area contributed by atoms with Crippen LogP contribution in [0.1, 0.15) is 44.9 Å². The predicted octanol–water partition coefficient (Wildman–Crippen LogP) is -0.100. The Balaban J connectivity index is 1.05. The van der Waals surface area contributed by atoms with Crippen LogP contribution < -0.4 is 0 Å². The Morgan fingerprint density at radius 3 is 2.24 bits per heavy atom. The molecule has 8 unspecified atom stereocenters. The van der Waals surface area contributed by atoms with Crippen molar-refractivity contribution in [3.05, 3.63) is 0 Å². The van der Waals surface area contributed by atoms with Gasteiger partial charge in [-0.25, -0.2) is 14.4 Å². The van der Waals surface area contributed by atoms with Crippen LogP contribution in [-0.2, 0) is 57.8 Å². The minimum absolute atomic E-state index is 0.203. The van der Waals surface area contributed by atoms with Gasteiger partial charge in [0.15, 0.2) is 13.2 Å². The summed E-state index contributed by atoms with van der Waals surface area (Å²) in [5, 5.41) is 5.53. The monoisotopic (exact) mass is 622 g/mol. The SMILES string of the molecule is O=C(COC(=O)C(F)(F)S(=O)(=O)O)OC1C2CC3C1OC(=O)C3C2C(=O)OCC(=O)OC12CC3CC(CC(O)(C3)C1)C2. The second-order valence-electron chi connectivity index (χ2n) is 12.5. The third-order valence-electron chi connectivity index (χ3n) is 9.61. The van der Waals surface area contributed by atoms with Gasteiger partial charge in [0, 0.05) is 18.3 Å². The van der Waals surface area contributed by atoms with Gasteiger partial charge < -0.3 is 28.8 Å². The molecule has 0 aromatic rings. The Bertz CT molecular complexity index is 1330. The molecule has 14 nitrogen and oxygen atoms in total. The number of fused-ring (bicyclic) bond motifs is 1. The number of ether oxygens (including phenoxy) is 5. The molecule has 7 fully saturated rings. The highest BCUT2D eigenvalue weighted by molar-refractivity contribution is 7.87. The summed E-state index contributed by atoms with van der Waals surface area (Å²) in [7, 11) is -6.15. The van der Waals surface area contributed by atoms with Crippen LogP contribution in [0.3, 0.4) is 0 Å². The van der Waals surface area contributed by atoms with E-state index in [0.29, 0.717) is 32.1 Å². The molecule has 2 N–H and O–H groups in total. The predicted molar refractivity (Wildman–Crippen MR) is 125 cm³/mol. The van der Waals surface area contributed by atoms with Gasteiger partial charge in [-0.3, -0.25) is 14.1 Å². The summed E-state index contributed by atoms with van der Waals surface area (Å²) in [6.45, 7) is -2.20. The number of carbonyl (C=O) groups is 5. The fraction of sp³-hybridized carbons (Fsp3) is 0.800. The molecule has 0 spiro atoms. The Hall–Kier alpha value is -2.92. The maximum Gasteiger partial charge on any atom is 0.465 e. The van der Waals surface area contributed by atoms with E-state index in [0.717, 1.165) is 6.42 Å². The van der Waals surface area contributed by atoms with Crippen molar-refractivity contribution in [2.45, 2.75) is 73.6 Å². The summed E-state index contributed by atoms with van der Waals surface area (Å²) in [5.74, 6) is -9.48. The van der Waals surface area contributed by atoms with E-state index in [-0.39, 0.29) is 18.3 Å². The summed E-state index contributed by atoms with van der Waals surface area (Å²) in [5.41, 5.74) is -1.68. The molecule has 0 radical (unpaired) electrons. The molecule has 8 atom stereocenters. The smallest absolute Gasteiger partial charge is 0.458 e. The van der Waals surface area contributed by atoms with Gasteiger partial charge in [-0.2, -0.15) is 17.2 Å². The third kappa shape index (κ3) is 4.72. The molecule has 17 heteroatoms. The zero-order valence-corrected chi connectivity index (χ0v) is 22.8. The average Bonchev–Trinajstić information content (AvgIpc) is 3.47. The lowest BCUT2D eigenvalue weighted by atomic mass is 9.52. The lowest BCUT2D eigenvalue weighted by Crippen LogP contribution is -2.60. The molecule has 6 aliphatic carbocycles. The van der Waals surface area contributed by atoms with Crippen LogP contribution in [0.15, 0.2) is 0 Å². The Morgan fingerprint density at radius 2 is 1.62 bits per heavy atom. The van der Waals surface area contributed by atoms with Gasteiger partial charge in [-0.15, -0.1) is 0 Å². The molecule has 6 saturated carbocycles. The Morgan fingerprint density at radius 1 is 0.976 bits per heavy atom. The standard InChI is InChI=1S/C25H28F2O14S/c26-25(27,42(34,35)36)22(32)38-7-14(28)39-18-12-2-13-17(21(31)40-19(13)18)16(12)20(30)37-8-15(29)41-24-5-10-1-11(6-24)4-23(33,3-10)9-24/h10-13,16-19,33H,1-9H2,(H,34,35,36). The van der Waals surface area contributed by atoms with E-state index in [1.807, 2.05) is 0 Å². The fourth-order valence-corrected chi connectivity index (χ4v) is 8.99. The first-order chi connectivity index (χ1) is 19.5. The quantitative estimate of drug-likeness (QED) is 0.196. The second-order valence-corrected chi connectivity index (χ2v) is 14.0. The van der Waals surface area contributed by atoms with Crippen molar-refractivity contribution in [2.75, 3.05) is 13.2 Å². The highest BCUT2D eigenvalue weighted by Gasteiger charge is 2.70. The van der Waals surface area contributed by atoms with E-state index in [4.69, 9.17) is 23.5 Å². The lowest BCUT2D eigenvalue weighted by molar-refractivity contribution is -0.222. The first-order valence-electron chi connectivity index (χ1n) is 13.5. The van der Waals surface area contributed by atoms with Gasteiger partial charge in [0.1, 0.15) is 17.8 Å². The van der Waals surface area contributed by atoms with Crippen molar-refractivity contribution < 1.29 is 74.5 Å². The molecular formula is C25H28F2O14S. The summed E-state index contributed by atoms with van der Waals surface area (Å²) >= 11 is 0. The van der Waals surface area contributed by atoms with Crippen molar-refractivity contribution in [3.8, 4) is 0 Å². The molecule has 232 valence electrons. The van der Waals surface area contributed by atoms with Crippen molar-refractivity contribution in [2.24, 2.45) is 35.5 Å². The van der Waals surface area contributed by atoms with E-state index >= 15 is 0 Å². The molecule has 42 heavy (non-hydrogen) atoms. The number of halogens is 2. The fourth-order valence-electron chi connectivity index (χ4n) is 8.72. The molecule has 0 aromatic carbocycles. The van der Waals surface area contributed by atoms with Crippen LogP contribution in [0, 0.1) is 35.5 Å². The maximum atomic E-state index is 13.3. The Labute approximate surface area is 237 Å². The van der Waals surface area contributed by atoms with E-state index in [9.17, 15) is 46.3 Å². The van der Waals surface area contributed by atoms with Crippen LogP contribution in [0.5, 0.6) is 0 Å². The topological polar surface area (TPSA) is 206 Å². The number of hydrogen-bond donors (Lipinski definition) is 2. The minimum atomic E-state index is -6.15. The zero-order chi connectivity index (χ0) is 30.4. The summed E-state index contributed by atoms with van der Waals surface area (Å²) in [6, 6.07) is 0. The summed E-state index contributed by atoms with van der Waals surface area (Å²) < 4.78 is 81.8. The Kier molecular flexibility index (Phi) is 6.63. The molecular weight excluding hydrogens is 594 g/mol. The third-order valence-corrected chi connectivity index (χ3v) is 10.4.